The summed E-state index contributed by atoms with van der Waals surface area (Å²) in [6, 6.07) is -1.19. The van der Waals surface area contributed by atoms with Crippen molar-refractivity contribution < 1.29 is 38.1 Å². The molecule has 2 amide bonds. The largest absolute Gasteiger partial charge is 0.467 e. The normalized spacial score (nSPS) is 25.0. The summed E-state index contributed by atoms with van der Waals surface area (Å²) in [5.74, 6) is -1.10. The number of ether oxygens (including phenoxy) is 5. The van der Waals surface area contributed by atoms with Crippen molar-refractivity contribution in [1.29, 1.82) is 0 Å². The number of imide groups is 1. The third-order valence-electron chi connectivity index (χ3n) is 5.38. The van der Waals surface area contributed by atoms with Gasteiger partial charge in [0.25, 0.3) is 0 Å². The van der Waals surface area contributed by atoms with Crippen LogP contribution >= 0.6 is 0 Å². The highest BCUT2D eigenvalue weighted by atomic mass is 16.8. The average Bonchev–Trinajstić information content (AvgIpc) is 3.15. The second-order valence-electron chi connectivity index (χ2n) is 11.3. The lowest BCUT2D eigenvalue weighted by Crippen LogP contribution is -2.52. The van der Waals surface area contributed by atoms with E-state index in [1.165, 1.54) is 7.11 Å². The van der Waals surface area contributed by atoms with Crippen LogP contribution in [0.15, 0.2) is 12.2 Å². The molecule has 2 fully saturated rings. The number of hydrogen-bond acceptors (Lipinski definition) is 8. The summed E-state index contributed by atoms with van der Waals surface area (Å²) >= 11 is 0. The second kappa shape index (κ2) is 10.6. The standard InChI is InChI=1S/C25H41NO8/c1-23(2,3)33-21(28)26(22(29)34-24(4,5)6)17(20(27)30-9)13-11-10-12-16-14-15-18-19(16)32-25(7,8)31-18/h10,12,16-19H,11,13-15H2,1-9H3/b12-10+/t16-,17-,18-,19+/m0/s1. The van der Waals surface area contributed by atoms with Crippen molar-refractivity contribution in [2.24, 2.45) is 5.92 Å². The Hall–Kier alpha value is -2.13. The molecule has 34 heavy (non-hydrogen) atoms. The summed E-state index contributed by atoms with van der Waals surface area (Å²) in [6.45, 7) is 13.9. The molecule has 1 aliphatic heterocycles. The van der Waals surface area contributed by atoms with Crippen LogP contribution in [0, 0.1) is 5.92 Å². The highest BCUT2D eigenvalue weighted by molar-refractivity contribution is 5.94. The molecular weight excluding hydrogens is 442 g/mol. The quantitative estimate of drug-likeness (QED) is 0.297. The summed E-state index contributed by atoms with van der Waals surface area (Å²) in [5.41, 5.74) is -1.73. The van der Waals surface area contributed by atoms with Gasteiger partial charge in [0.2, 0.25) is 0 Å². The maximum absolute atomic E-state index is 12.9. The van der Waals surface area contributed by atoms with Gasteiger partial charge < -0.3 is 23.7 Å². The number of carbonyl (C=O) groups is 3. The van der Waals surface area contributed by atoms with E-state index in [4.69, 9.17) is 23.7 Å². The molecule has 0 aromatic rings. The fourth-order valence-electron chi connectivity index (χ4n) is 4.14. The van der Waals surface area contributed by atoms with E-state index < -0.39 is 41.2 Å². The minimum Gasteiger partial charge on any atom is -0.467 e. The number of methoxy groups -OCH3 is 1. The molecule has 0 aromatic carbocycles. The third-order valence-corrected chi connectivity index (χ3v) is 5.38. The number of esters is 1. The topological polar surface area (TPSA) is 101 Å². The molecule has 194 valence electrons. The Bertz CT molecular complexity index is 749. The van der Waals surface area contributed by atoms with Gasteiger partial charge in [-0.1, -0.05) is 12.2 Å². The summed E-state index contributed by atoms with van der Waals surface area (Å²) < 4.78 is 27.7. The van der Waals surface area contributed by atoms with Crippen molar-refractivity contribution in [3.63, 3.8) is 0 Å². The van der Waals surface area contributed by atoms with Crippen LogP contribution in [0.25, 0.3) is 0 Å². The Labute approximate surface area is 203 Å². The SMILES string of the molecule is COC(=O)[C@H](CC/C=C/[C@H]1CC[C@@H]2OC(C)(C)O[C@@H]21)N(C(=O)OC(C)(C)C)C(=O)OC(C)(C)C. The van der Waals surface area contributed by atoms with Gasteiger partial charge in [-0.25, -0.2) is 14.4 Å². The fourth-order valence-corrected chi connectivity index (χ4v) is 4.14. The Balaban J connectivity index is 2.14. The van der Waals surface area contributed by atoms with Gasteiger partial charge in [0.15, 0.2) is 5.79 Å². The lowest BCUT2D eigenvalue weighted by molar-refractivity contribution is -0.154. The highest BCUT2D eigenvalue weighted by Crippen LogP contribution is 2.42. The molecule has 0 N–H and O–H groups in total. The predicted molar refractivity (Wildman–Crippen MR) is 125 cm³/mol. The smallest absolute Gasteiger partial charge is 0.420 e. The molecule has 1 saturated heterocycles. The average molecular weight is 484 g/mol. The van der Waals surface area contributed by atoms with E-state index in [1.807, 2.05) is 19.9 Å². The van der Waals surface area contributed by atoms with E-state index in [0.717, 1.165) is 17.7 Å². The van der Waals surface area contributed by atoms with Crippen molar-refractivity contribution in [2.75, 3.05) is 7.11 Å². The monoisotopic (exact) mass is 483 g/mol. The maximum Gasteiger partial charge on any atom is 0.420 e. The Kier molecular flexibility index (Phi) is 8.80. The van der Waals surface area contributed by atoms with E-state index in [-0.39, 0.29) is 24.5 Å². The second-order valence-corrected chi connectivity index (χ2v) is 11.3. The lowest BCUT2D eigenvalue weighted by atomic mass is 10.0. The molecule has 1 heterocycles. The van der Waals surface area contributed by atoms with E-state index in [0.29, 0.717) is 6.42 Å². The first-order valence-electron chi connectivity index (χ1n) is 11.9. The minimum absolute atomic E-state index is 0.00248. The molecule has 1 saturated carbocycles. The molecular formula is C25H41NO8. The maximum atomic E-state index is 12.9. The van der Waals surface area contributed by atoms with Gasteiger partial charge in [-0.2, -0.15) is 4.90 Å². The van der Waals surface area contributed by atoms with Crippen molar-refractivity contribution in [1.82, 2.24) is 4.90 Å². The molecule has 0 bridgehead atoms. The zero-order chi connectivity index (χ0) is 25.9. The number of hydrogen-bond donors (Lipinski definition) is 0. The molecule has 0 spiro atoms. The molecule has 0 radical (unpaired) electrons. The Morgan fingerprint density at radius 1 is 1.00 bits per heavy atom. The van der Waals surface area contributed by atoms with E-state index in [2.05, 4.69) is 6.08 Å². The van der Waals surface area contributed by atoms with Gasteiger partial charge in [0.1, 0.15) is 17.2 Å². The molecule has 2 rings (SSSR count). The summed E-state index contributed by atoms with van der Waals surface area (Å²) in [4.78, 5) is 39.2. The van der Waals surface area contributed by atoms with Crippen LogP contribution in [0.1, 0.15) is 81.1 Å². The summed E-state index contributed by atoms with van der Waals surface area (Å²) in [7, 11) is 1.21. The predicted octanol–water partition coefficient (Wildman–Crippen LogP) is 4.97. The first-order valence-corrected chi connectivity index (χ1v) is 11.9. The number of amides is 2. The van der Waals surface area contributed by atoms with Crippen LogP contribution < -0.4 is 0 Å². The van der Waals surface area contributed by atoms with Crippen molar-refractivity contribution >= 4 is 18.2 Å². The first-order chi connectivity index (χ1) is 15.5. The van der Waals surface area contributed by atoms with Gasteiger partial charge >= 0.3 is 18.2 Å². The zero-order valence-electron chi connectivity index (χ0n) is 22.0. The molecule has 1 aliphatic carbocycles. The molecule has 9 heteroatoms. The zero-order valence-corrected chi connectivity index (χ0v) is 22.0. The number of carbonyl (C=O) groups excluding carboxylic acids is 3. The van der Waals surface area contributed by atoms with E-state index in [9.17, 15) is 14.4 Å². The van der Waals surface area contributed by atoms with Gasteiger partial charge in [0, 0.05) is 5.92 Å². The molecule has 0 aromatic heterocycles. The van der Waals surface area contributed by atoms with Crippen molar-refractivity contribution in [3.05, 3.63) is 12.2 Å². The number of allylic oxidation sites excluding steroid dienone is 1. The fraction of sp³-hybridized carbons (Fsp3) is 0.800. The van der Waals surface area contributed by atoms with Crippen LogP contribution in [0.4, 0.5) is 9.59 Å². The van der Waals surface area contributed by atoms with E-state index in [1.54, 1.807) is 41.5 Å². The van der Waals surface area contributed by atoms with Crippen molar-refractivity contribution in [3.8, 4) is 0 Å². The number of rotatable bonds is 6. The van der Waals surface area contributed by atoms with Crippen molar-refractivity contribution in [2.45, 2.75) is 116 Å². The molecule has 2 aliphatic rings. The molecule has 9 nitrogen and oxygen atoms in total. The minimum atomic E-state index is -1.19. The lowest BCUT2D eigenvalue weighted by Gasteiger charge is -2.32. The number of fused-ring (bicyclic) bond motifs is 1. The molecule has 0 unspecified atom stereocenters. The molecule has 4 atom stereocenters. The van der Waals surface area contributed by atoms with Crippen LogP contribution in [0.5, 0.6) is 0 Å². The van der Waals surface area contributed by atoms with E-state index >= 15 is 0 Å². The highest BCUT2D eigenvalue weighted by Gasteiger charge is 2.48. The van der Waals surface area contributed by atoms with Gasteiger partial charge in [0.05, 0.1) is 19.3 Å². The van der Waals surface area contributed by atoms with Gasteiger partial charge in [-0.15, -0.1) is 0 Å². The Morgan fingerprint density at radius 3 is 2.06 bits per heavy atom. The van der Waals surface area contributed by atoms with Gasteiger partial charge in [-0.05, 0) is 81.1 Å². The Morgan fingerprint density at radius 2 is 1.56 bits per heavy atom. The summed E-state index contributed by atoms with van der Waals surface area (Å²) in [6.07, 6.45) is 4.64. The number of nitrogens with zero attached hydrogens (tertiary/aromatic N) is 1. The van der Waals surface area contributed by atoms with Crippen LogP contribution in [-0.4, -0.2) is 65.4 Å². The van der Waals surface area contributed by atoms with Crippen LogP contribution in [0.3, 0.4) is 0 Å². The van der Waals surface area contributed by atoms with Crippen LogP contribution in [-0.2, 0) is 28.5 Å². The summed E-state index contributed by atoms with van der Waals surface area (Å²) in [5, 5.41) is 0. The van der Waals surface area contributed by atoms with Crippen LogP contribution in [0.2, 0.25) is 0 Å². The third kappa shape index (κ3) is 7.98. The first kappa shape index (κ1) is 28.1. The van der Waals surface area contributed by atoms with Gasteiger partial charge in [-0.3, -0.25) is 0 Å².